The number of carbonyl (C=O) groups excluding carboxylic acids is 2. The number of amides is 1. The van der Waals surface area contributed by atoms with Crippen molar-refractivity contribution in [3.63, 3.8) is 0 Å². The van der Waals surface area contributed by atoms with Crippen molar-refractivity contribution >= 4 is 34.5 Å². The summed E-state index contributed by atoms with van der Waals surface area (Å²) in [6.07, 6.45) is 4.26. The van der Waals surface area contributed by atoms with Gasteiger partial charge in [0, 0.05) is 9.13 Å². The summed E-state index contributed by atoms with van der Waals surface area (Å²) in [5.74, 6) is -0.549. The van der Waals surface area contributed by atoms with Crippen molar-refractivity contribution in [3.8, 4) is 0 Å². The molecule has 1 aromatic carbocycles. The maximum Gasteiger partial charge on any atom is 0.331 e. The van der Waals surface area contributed by atoms with Crippen molar-refractivity contribution in [1.82, 2.24) is 5.32 Å². The van der Waals surface area contributed by atoms with E-state index in [1.807, 2.05) is 18.2 Å². The molecule has 0 atom stereocenters. The smallest absolute Gasteiger partial charge is 0.331 e. The fraction of sp³-hybridized carbons (Fsp3) is 0.467. The standard InChI is InChI=1S/C15H18INO3/c1-20-14(19)15(8-3-2-4-9-15)17-13(18)11-6-5-7-12(16)10-11/h5-7,10H,2-4,8-9H2,1H3,(H,17,18). The third-order valence-electron chi connectivity index (χ3n) is 3.72. The number of hydrogen-bond acceptors (Lipinski definition) is 3. The molecular formula is C15H18INO3. The molecule has 0 saturated heterocycles. The lowest BCUT2D eigenvalue weighted by molar-refractivity contribution is -0.149. The van der Waals surface area contributed by atoms with Crippen LogP contribution in [0.4, 0.5) is 0 Å². The molecule has 0 bridgehead atoms. The summed E-state index contributed by atoms with van der Waals surface area (Å²) in [5.41, 5.74) is -0.281. The summed E-state index contributed by atoms with van der Waals surface area (Å²) in [5, 5.41) is 2.91. The predicted molar refractivity (Wildman–Crippen MR) is 84.5 cm³/mol. The van der Waals surface area contributed by atoms with Crippen LogP contribution >= 0.6 is 22.6 Å². The van der Waals surface area contributed by atoms with Gasteiger partial charge >= 0.3 is 5.97 Å². The van der Waals surface area contributed by atoms with E-state index in [1.54, 1.807) is 6.07 Å². The van der Waals surface area contributed by atoms with Crippen molar-refractivity contribution in [2.24, 2.45) is 0 Å². The first-order valence-electron chi connectivity index (χ1n) is 6.74. The summed E-state index contributed by atoms with van der Waals surface area (Å²) in [6.45, 7) is 0. The highest BCUT2D eigenvalue weighted by atomic mass is 127. The zero-order chi connectivity index (χ0) is 14.6. The highest BCUT2D eigenvalue weighted by Crippen LogP contribution is 2.29. The van der Waals surface area contributed by atoms with E-state index >= 15 is 0 Å². The largest absolute Gasteiger partial charge is 0.467 e. The topological polar surface area (TPSA) is 55.4 Å². The van der Waals surface area contributed by atoms with Crippen LogP contribution < -0.4 is 5.32 Å². The van der Waals surface area contributed by atoms with Crippen LogP contribution in [-0.2, 0) is 9.53 Å². The number of hydrogen-bond donors (Lipinski definition) is 1. The summed E-state index contributed by atoms with van der Waals surface area (Å²) in [4.78, 5) is 24.5. The quantitative estimate of drug-likeness (QED) is 0.641. The van der Waals surface area contributed by atoms with Crippen molar-refractivity contribution < 1.29 is 14.3 Å². The number of carbonyl (C=O) groups is 2. The van der Waals surface area contributed by atoms with Gasteiger partial charge in [-0.15, -0.1) is 0 Å². The molecule has 0 aromatic heterocycles. The molecule has 5 heteroatoms. The molecule has 1 aromatic rings. The first-order valence-corrected chi connectivity index (χ1v) is 7.82. The van der Waals surface area contributed by atoms with Gasteiger partial charge in [0.25, 0.3) is 5.91 Å². The monoisotopic (exact) mass is 387 g/mol. The molecule has 0 aliphatic heterocycles. The second kappa shape index (κ2) is 6.56. The third kappa shape index (κ3) is 3.31. The molecule has 2 rings (SSSR count). The molecule has 1 N–H and O–H groups in total. The Labute approximate surface area is 132 Å². The average molecular weight is 387 g/mol. The fourth-order valence-corrected chi connectivity index (χ4v) is 3.19. The zero-order valence-corrected chi connectivity index (χ0v) is 13.6. The van der Waals surface area contributed by atoms with Gasteiger partial charge in [0.05, 0.1) is 7.11 Å². The van der Waals surface area contributed by atoms with Crippen LogP contribution in [0, 0.1) is 3.57 Å². The number of benzene rings is 1. The van der Waals surface area contributed by atoms with Crippen molar-refractivity contribution in [1.29, 1.82) is 0 Å². The molecule has 1 fully saturated rings. The molecule has 20 heavy (non-hydrogen) atoms. The van der Waals surface area contributed by atoms with E-state index < -0.39 is 5.54 Å². The molecule has 108 valence electrons. The molecule has 1 aliphatic carbocycles. The fourth-order valence-electron chi connectivity index (χ4n) is 2.65. The lowest BCUT2D eigenvalue weighted by Gasteiger charge is -2.35. The van der Waals surface area contributed by atoms with Gasteiger partial charge in [-0.3, -0.25) is 4.79 Å². The number of rotatable bonds is 3. The summed E-state index contributed by atoms with van der Waals surface area (Å²) >= 11 is 2.16. The second-order valence-corrected chi connectivity index (χ2v) is 6.34. The molecular weight excluding hydrogens is 369 g/mol. The summed E-state index contributed by atoms with van der Waals surface area (Å²) in [7, 11) is 1.37. The first-order chi connectivity index (χ1) is 9.57. The van der Waals surface area contributed by atoms with Crippen LogP contribution in [-0.4, -0.2) is 24.5 Å². The Hall–Kier alpha value is -1.11. The minimum absolute atomic E-state index is 0.212. The Morgan fingerprint density at radius 1 is 1.25 bits per heavy atom. The zero-order valence-electron chi connectivity index (χ0n) is 11.4. The van der Waals surface area contributed by atoms with Gasteiger partial charge in [0.2, 0.25) is 0 Å². The predicted octanol–water partition coefficient (Wildman–Crippen LogP) is 2.90. The van der Waals surface area contributed by atoms with Crippen LogP contribution in [0.2, 0.25) is 0 Å². The second-order valence-electron chi connectivity index (χ2n) is 5.10. The van der Waals surface area contributed by atoms with Gasteiger partial charge in [0.1, 0.15) is 5.54 Å². The van der Waals surface area contributed by atoms with E-state index in [0.29, 0.717) is 18.4 Å². The number of nitrogens with one attached hydrogen (secondary N) is 1. The van der Waals surface area contributed by atoms with Crippen LogP contribution in [0.15, 0.2) is 24.3 Å². The Morgan fingerprint density at radius 2 is 1.95 bits per heavy atom. The molecule has 1 amide bonds. The maximum atomic E-state index is 12.4. The van der Waals surface area contributed by atoms with E-state index in [9.17, 15) is 9.59 Å². The number of esters is 1. The van der Waals surface area contributed by atoms with Crippen LogP contribution in [0.5, 0.6) is 0 Å². The van der Waals surface area contributed by atoms with Crippen molar-refractivity contribution in [2.75, 3.05) is 7.11 Å². The van der Waals surface area contributed by atoms with E-state index in [0.717, 1.165) is 22.8 Å². The lowest BCUT2D eigenvalue weighted by atomic mass is 9.81. The minimum Gasteiger partial charge on any atom is -0.467 e. The summed E-state index contributed by atoms with van der Waals surface area (Å²) in [6, 6.07) is 7.32. The normalized spacial score (nSPS) is 17.3. The van der Waals surface area contributed by atoms with E-state index in [-0.39, 0.29) is 11.9 Å². The molecule has 4 nitrogen and oxygen atoms in total. The molecule has 0 radical (unpaired) electrons. The number of ether oxygens (including phenoxy) is 1. The Kier molecular flexibility index (Phi) is 5.01. The lowest BCUT2D eigenvalue weighted by Crippen LogP contribution is -2.56. The van der Waals surface area contributed by atoms with Crippen LogP contribution in [0.1, 0.15) is 42.5 Å². The van der Waals surface area contributed by atoms with Crippen molar-refractivity contribution in [3.05, 3.63) is 33.4 Å². The highest BCUT2D eigenvalue weighted by Gasteiger charge is 2.42. The first kappa shape index (κ1) is 15.3. The average Bonchev–Trinajstić information content (AvgIpc) is 2.47. The van der Waals surface area contributed by atoms with Crippen molar-refractivity contribution in [2.45, 2.75) is 37.6 Å². The van der Waals surface area contributed by atoms with Gasteiger partial charge < -0.3 is 10.1 Å². The number of halogens is 1. The molecule has 0 spiro atoms. The van der Waals surface area contributed by atoms with E-state index in [4.69, 9.17) is 4.74 Å². The van der Waals surface area contributed by atoms with Gasteiger partial charge in [-0.05, 0) is 53.6 Å². The van der Waals surface area contributed by atoms with Gasteiger partial charge in [-0.25, -0.2) is 4.79 Å². The molecule has 1 saturated carbocycles. The summed E-state index contributed by atoms with van der Waals surface area (Å²) < 4.78 is 5.89. The number of methoxy groups -OCH3 is 1. The SMILES string of the molecule is COC(=O)C1(NC(=O)c2cccc(I)c2)CCCCC1. The van der Waals surface area contributed by atoms with E-state index in [2.05, 4.69) is 27.9 Å². The Bertz CT molecular complexity index is 510. The molecule has 1 aliphatic rings. The van der Waals surface area contributed by atoms with Gasteiger partial charge in [-0.2, -0.15) is 0 Å². The van der Waals surface area contributed by atoms with Gasteiger partial charge in [0.15, 0.2) is 0 Å². The molecule has 0 unspecified atom stereocenters. The minimum atomic E-state index is -0.856. The highest BCUT2D eigenvalue weighted by molar-refractivity contribution is 14.1. The maximum absolute atomic E-state index is 12.4. The van der Waals surface area contributed by atoms with Crippen LogP contribution in [0.3, 0.4) is 0 Å². The third-order valence-corrected chi connectivity index (χ3v) is 4.39. The molecule has 0 heterocycles. The van der Waals surface area contributed by atoms with Gasteiger partial charge in [-0.1, -0.05) is 25.3 Å². The van der Waals surface area contributed by atoms with E-state index in [1.165, 1.54) is 7.11 Å². The Balaban J connectivity index is 2.19. The Morgan fingerprint density at radius 3 is 2.55 bits per heavy atom. The van der Waals surface area contributed by atoms with Crippen LogP contribution in [0.25, 0.3) is 0 Å².